The molecule has 0 aliphatic carbocycles. The summed E-state index contributed by atoms with van der Waals surface area (Å²) in [5.74, 6) is -12.5. The fourth-order valence-electron chi connectivity index (χ4n) is 6.58. The minimum Gasteiger partial charge on any atom is -0.481 e. The summed E-state index contributed by atoms with van der Waals surface area (Å²) in [6, 6.07) is 4.33. The van der Waals surface area contributed by atoms with Crippen molar-refractivity contribution in [3.63, 3.8) is 0 Å². The van der Waals surface area contributed by atoms with Crippen molar-refractivity contribution < 1.29 is 62.2 Å². The number of carboxylic acids is 1. The first-order chi connectivity index (χ1) is 34.3. The molecule has 3 heterocycles. The molecule has 7 atom stereocenters. The number of carbonyl (C=O) groups is 11. The van der Waals surface area contributed by atoms with Crippen molar-refractivity contribution >= 4 is 104 Å². The first kappa shape index (κ1) is 57.4. The molecule has 2 aromatic rings. The van der Waals surface area contributed by atoms with E-state index in [0.717, 1.165) is 12.3 Å². The van der Waals surface area contributed by atoms with Crippen molar-refractivity contribution in [2.24, 2.45) is 16.5 Å². The lowest BCUT2D eigenvalue weighted by Gasteiger charge is -2.27. The zero-order valence-corrected chi connectivity index (χ0v) is 41.0. The number of nitrogens with one attached hydrogen (secondary N) is 10. The predicted octanol–water partition coefficient (Wildman–Crippen LogP) is -3.84. The van der Waals surface area contributed by atoms with Gasteiger partial charge in [0.25, 0.3) is 23.6 Å². The van der Waals surface area contributed by atoms with Gasteiger partial charge < -0.3 is 69.7 Å². The number of thioether (sulfide) groups is 1. The van der Waals surface area contributed by atoms with Gasteiger partial charge in [0.1, 0.15) is 24.2 Å². The molecule has 72 heavy (non-hydrogen) atoms. The number of carbonyl (C=O) groups excluding carboxylic acids is 10. The monoisotopic (exact) mass is 1060 g/mol. The summed E-state index contributed by atoms with van der Waals surface area (Å²) in [5.41, 5.74) is 11.5. The fourth-order valence-corrected chi connectivity index (χ4v) is 9.79. The molecule has 2 aliphatic rings. The minimum absolute atomic E-state index is 0.00534. The Hall–Kier alpha value is -7.21. The Bertz CT molecular complexity index is 2330. The molecule has 0 unspecified atom stereocenters. The fraction of sp³-hybridized carbons (Fsp3) is 0.452. The Balaban J connectivity index is 1.77. The maximum Gasteiger partial charge on any atom is 0.305 e. The number of carboxylic acid groups (broad SMARTS) is 1. The first-order valence-corrected chi connectivity index (χ1v) is 25.4. The molecule has 30 heteroatoms. The number of nitrogens with two attached hydrogens (primary N) is 2. The number of fused-ring (bicyclic) bond motifs is 3. The molecule has 15 N–H and O–H groups in total. The highest BCUT2D eigenvalue weighted by Gasteiger charge is 2.37. The van der Waals surface area contributed by atoms with E-state index in [1.165, 1.54) is 13.1 Å². The molecular formula is C42H55FN14O12S3. The van der Waals surface area contributed by atoms with Crippen molar-refractivity contribution in [1.29, 1.82) is 0 Å². The molecule has 0 radical (unpaired) electrons. The summed E-state index contributed by atoms with van der Waals surface area (Å²) < 4.78 is 13.3. The number of unbranched alkanes of at least 4 members (excludes halogenated alkanes) is 1. The summed E-state index contributed by atoms with van der Waals surface area (Å²) in [4.78, 5) is 156. The van der Waals surface area contributed by atoms with Crippen LogP contribution in [-0.2, 0) is 54.4 Å². The number of benzene rings is 1. The van der Waals surface area contributed by atoms with Gasteiger partial charge in [0.05, 0.1) is 24.3 Å². The molecule has 0 spiro atoms. The molecule has 10 amide bonds. The van der Waals surface area contributed by atoms with Gasteiger partial charge in [-0.3, -0.25) is 57.7 Å². The lowest BCUT2D eigenvalue weighted by atomic mass is 10.1. The number of nitrogens with zero attached hydrogens (tertiary/aromatic N) is 2. The lowest BCUT2D eigenvalue weighted by Crippen LogP contribution is -2.58. The van der Waals surface area contributed by atoms with E-state index in [9.17, 15) is 62.2 Å². The Morgan fingerprint density at radius 1 is 0.736 bits per heavy atom. The number of pyridine rings is 1. The highest BCUT2D eigenvalue weighted by Crippen LogP contribution is 2.30. The molecule has 0 saturated carbocycles. The van der Waals surface area contributed by atoms with Crippen molar-refractivity contribution in [1.82, 2.24) is 58.2 Å². The van der Waals surface area contributed by atoms with Crippen molar-refractivity contribution in [3.05, 3.63) is 65.7 Å². The molecule has 1 aromatic heterocycles. The minimum atomic E-state index is -1.85. The second-order valence-corrected chi connectivity index (χ2v) is 19.3. The number of halogens is 1. The maximum atomic E-state index is 14.4. The van der Waals surface area contributed by atoms with E-state index in [1.807, 2.05) is 0 Å². The van der Waals surface area contributed by atoms with Crippen LogP contribution in [0.25, 0.3) is 0 Å². The number of aliphatic imine (C=N–C) groups is 1. The molecule has 26 nitrogen and oxygen atoms in total. The second kappa shape index (κ2) is 29.2. The Morgan fingerprint density at radius 2 is 1.35 bits per heavy atom. The molecule has 2 saturated heterocycles. The number of rotatable bonds is 15. The average Bonchev–Trinajstić information content (AvgIpc) is 3.34. The van der Waals surface area contributed by atoms with E-state index in [2.05, 4.69) is 63.1 Å². The van der Waals surface area contributed by atoms with Gasteiger partial charge in [-0.2, -0.15) is 4.39 Å². The summed E-state index contributed by atoms with van der Waals surface area (Å²) >= 11 is 0.656. The third-order valence-corrected chi connectivity index (χ3v) is 13.9. The number of guanidine groups is 1. The van der Waals surface area contributed by atoms with Gasteiger partial charge in [-0.15, -0.1) is 11.8 Å². The van der Waals surface area contributed by atoms with E-state index in [1.54, 1.807) is 30.3 Å². The summed E-state index contributed by atoms with van der Waals surface area (Å²) in [6.45, 7) is -0.772. The van der Waals surface area contributed by atoms with Crippen LogP contribution in [0.2, 0.25) is 0 Å². The van der Waals surface area contributed by atoms with Gasteiger partial charge in [-0.25, -0.2) is 4.98 Å². The molecule has 2 aliphatic heterocycles. The number of amides is 10. The van der Waals surface area contributed by atoms with Gasteiger partial charge in [0.2, 0.25) is 41.4 Å². The number of likely N-dealkylation sites (N-methyl/N-ethyl adjacent to an activating group) is 1. The van der Waals surface area contributed by atoms with E-state index >= 15 is 0 Å². The Labute approximate surface area is 423 Å². The Kier molecular flexibility index (Phi) is 23.3. The van der Waals surface area contributed by atoms with Crippen LogP contribution in [0, 0.1) is 5.95 Å². The van der Waals surface area contributed by atoms with Crippen LogP contribution >= 0.6 is 33.3 Å². The molecule has 4 rings (SSSR count). The second-order valence-electron chi connectivity index (χ2n) is 15.7. The zero-order valence-electron chi connectivity index (χ0n) is 38.5. The standard InChI is InChI=1S/C42H55FN14O12S3/c1-46-36(67)39-55-34(65)25(16-21-8-3-2-4-9-21)54-38(69)41-57-35(66)26(17-30(60)61)52-28(58)19-50-32(63)23(11-7-15-48-42(44)45)53-37(68)40(71-72-41)56-33(64)24(51-29(59)20-70-39)10-5-6-14-47-31(62)22-12-13-27(43)49-18-22/h2-4,8-9,12-13,18,23-26,39-41H,5-7,10-11,14-17,19-20H2,1H3,(H,46,67)(H,47,62)(H,50,63)(H,51,59)(H,52,58)(H,53,68)(H,54,69)(H,55,65)(H,56,64)(H,57,66)(H,60,61)(H4,44,45,48)/t23-,24-,25-,26-,39-,40-,41-/m0/s1. The van der Waals surface area contributed by atoms with Gasteiger partial charge in [0, 0.05) is 32.8 Å². The number of aliphatic carboxylic acids is 1. The van der Waals surface area contributed by atoms with Crippen LogP contribution in [0.5, 0.6) is 0 Å². The molecule has 2 bridgehead atoms. The largest absolute Gasteiger partial charge is 0.481 e. The third kappa shape index (κ3) is 19.5. The van der Waals surface area contributed by atoms with Crippen LogP contribution in [0.4, 0.5) is 4.39 Å². The smallest absolute Gasteiger partial charge is 0.305 e. The number of aromatic nitrogens is 1. The third-order valence-electron chi connectivity index (χ3n) is 10.2. The summed E-state index contributed by atoms with van der Waals surface area (Å²) in [5, 5.41) is 29.2. The summed E-state index contributed by atoms with van der Waals surface area (Å²) in [6.07, 6.45) is 0.0520. The summed E-state index contributed by atoms with van der Waals surface area (Å²) in [7, 11) is 2.21. The molecule has 390 valence electrons. The molecule has 2 fully saturated rings. The van der Waals surface area contributed by atoms with E-state index < -0.39 is 130 Å². The van der Waals surface area contributed by atoms with Gasteiger partial charge in [0.15, 0.2) is 22.1 Å². The van der Waals surface area contributed by atoms with Crippen molar-refractivity contribution in [2.45, 2.75) is 85.2 Å². The van der Waals surface area contributed by atoms with Crippen LogP contribution in [0.15, 0.2) is 53.7 Å². The first-order valence-electron chi connectivity index (χ1n) is 22.1. The Morgan fingerprint density at radius 3 is 1.97 bits per heavy atom. The quantitative estimate of drug-likeness (QED) is 0.0267. The SMILES string of the molecule is CNC(=O)[C@H]1NC(=O)[C@H](Cc2ccccc2)NC(=O)[C@H]2NC(=O)[C@H](CC(=O)O)NC(=O)CNC(=O)[C@H](CCCN=C(N)N)NC(=O)[C@@H](NC(=O)[C@H](CCCCNC(=O)c3ccc(F)nc3)NC(=O)CS1)SS2. The lowest BCUT2D eigenvalue weighted by molar-refractivity contribution is -0.141. The molecule has 1 aromatic carbocycles. The van der Waals surface area contributed by atoms with E-state index in [-0.39, 0.29) is 63.1 Å². The van der Waals surface area contributed by atoms with Crippen LogP contribution < -0.4 is 64.6 Å². The normalized spacial score (nSPS) is 23.0. The van der Waals surface area contributed by atoms with Crippen LogP contribution in [-0.4, -0.2) is 154 Å². The van der Waals surface area contributed by atoms with Crippen LogP contribution in [0.3, 0.4) is 0 Å². The number of hydrogen-bond acceptors (Lipinski definition) is 16. The van der Waals surface area contributed by atoms with E-state index in [4.69, 9.17) is 11.5 Å². The average molecular weight is 1060 g/mol. The number of hydrogen-bond donors (Lipinski definition) is 13. The van der Waals surface area contributed by atoms with Crippen molar-refractivity contribution in [2.75, 3.05) is 32.4 Å². The van der Waals surface area contributed by atoms with Gasteiger partial charge in [-0.05, 0) is 49.8 Å². The van der Waals surface area contributed by atoms with Gasteiger partial charge >= 0.3 is 5.97 Å². The van der Waals surface area contributed by atoms with Gasteiger partial charge in [-0.1, -0.05) is 51.9 Å². The molecular weight excluding hydrogens is 1010 g/mol. The highest BCUT2D eigenvalue weighted by molar-refractivity contribution is 8.77. The van der Waals surface area contributed by atoms with E-state index in [0.29, 0.717) is 38.9 Å². The van der Waals surface area contributed by atoms with Crippen molar-refractivity contribution in [3.8, 4) is 0 Å². The maximum absolute atomic E-state index is 14.4. The highest BCUT2D eigenvalue weighted by atomic mass is 33.1. The predicted molar refractivity (Wildman–Crippen MR) is 261 cm³/mol. The topological polar surface area (TPSA) is 406 Å². The zero-order chi connectivity index (χ0) is 52.7. The van der Waals surface area contributed by atoms with Crippen LogP contribution in [0.1, 0.15) is 54.4 Å².